The van der Waals surface area contributed by atoms with E-state index in [2.05, 4.69) is 27.7 Å². The van der Waals surface area contributed by atoms with Crippen molar-refractivity contribution in [3.63, 3.8) is 0 Å². The highest BCUT2D eigenvalue weighted by Crippen LogP contribution is 2.15. The summed E-state index contributed by atoms with van der Waals surface area (Å²) in [5.74, 6) is 0.576. The fraction of sp³-hybridized carbons (Fsp3) is 1.00. The molecule has 0 rings (SSSR count). The van der Waals surface area contributed by atoms with E-state index in [0.717, 1.165) is 0 Å². The number of hydrogen-bond acceptors (Lipinski definition) is 1. The summed E-state index contributed by atoms with van der Waals surface area (Å²) in [6.07, 6.45) is 15.9. The lowest BCUT2D eigenvalue weighted by atomic mass is 9.97. The van der Waals surface area contributed by atoms with Gasteiger partial charge in [-0.25, -0.2) is 0 Å². The monoisotopic (exact) mass is 272 g/mol. The average molecular weight is 273 g/mol. The second-order valence-electron chi connectivity index (χ2n) is 5.75. The summed E-state index contributed by atoms with van der Waals surface area (Å²) in [5.41, 5.74) is 0. The van der Waals surface area contributed by atoms with Gasteiger partial charge in [0.1, 0.15) is 0 Å². The number of unbranched alkanes of at least 4 members (excludes halogenated alkanes) is 7. The summed E-state index contributed by atoms with van der Waals surface area (Å²) in [6, 6.07) is 0. The summed E-state index contributed by atoms with van der Waals surface area (Å²) >= 11 is 0. The van der Waals surface area contributed by atoms with Gasteiger partial charge in [0.25, 0.3) is 0 Å². The van der Waals surface area contributed by atoms with Gasteiger partial charge in [-0.1, -0.05) is 91.9 Å². The van der Waals surface area contributed by atoms with Gasteiger partial charge in [-0.3, -0.25) is 0 Å². The van der Waals surface area contributed by atoms with Crippen LogP contribution >= 0.6 is 0 Å². The molecular weight excluding hydrogens is 232 g/mol. The third-order valence-corrected chi connectivity index (χ3v) is 3.63. The van der Waals surface area contributed by atoms with Crippen molar-refractivity contribution in [2.45, 2.75) is 105 Å². The Balaban J connectivity index is 0. The highest BCUT2D eigenvalue weighted by Gasteiger charge is 2.04. The first-order valence-electron chi connectivity index (χ1n) is 8.87. The van der Waals surface area contributed by atoms with Gasteiger partial charge in [0.15, 0.2) is 0 Å². The Kier molecular flexibility index (Phi) is 22.7. The average Bonchev–Trinajstić information content (AvgIpc) is 2.43. The second-order valence-corrected chi connectivity index (χ2v) is 5.75. The van der Waals surface area contributed by atoms with Gasteiger partial charge in [-0.2, -0.15) is 0 Å². The van der Waals surface area contributed by atoms with Crippen molar-refractivity contribution in [3.8, 4) is 0 Å². The summed E-state index contributed by atoms with van der Waals surface area (Å²) < 4.78 is 0. The minimum atomic E-state index is 0.389. The van der Waals surface area contributed by atoms with Crippen molar-refractivity contribution in [1.29, 1.82) is 0 Å². The molecule has 0 fully saturated rings. The molecule has 0 radical (unpaired) electrons. The third kappa shape index (κ3) is 20.4. The first-order chi connectivity index (χ1) is 9.26. The van der Waals surface area contributed by atoms with E-state index >= 15 is 0 Å². The van der Waals surface area contributed by atoms with Gasteiger partial charge in [-0.15, -0.1) is 0 Å². The molecule has 1 heteroatoms. The summed E-state index contributed by atoms with van der Waals surface area (Å²) in [7, 11) is 0. The maximum absolute atomic E-state index is 9.01. The van der Waals surface area contributed by atoms with E-state index in [1.54, 1.807) is 0 Å². The Morgan fingerprint density at radius 3 is 1.42 bits per heavy atom. The number of rotatable bonds is 12. The quantitative estimate of drug-likeness (QED) is 0.411. The van der Waals surface area contributed by atoms with Crippen LogP contribution in [0.5, 0.6) is 0 Å². The van der Waals surface area contributed by atoms with Crippen LogP contribution in [0.2, 0.25) is 0 Å². The van der Waals surface area contributed by atoms with E-state index < -0.39 is 0 Å². The standard InChI is InChI=1S/C11H24O.C7H16/c1-3-5-6-7-9-11(10-12)8-4-2;1-3-5-7-6-4-2/h11-12H,3-10H2,1-2H3;3-7H2,1-2H3. The van der Waals surface area contributed by atoms with Crippen LogP contribution in [0.15, 0.2) is 0 Å². The van der Waals surface area contributed by atoms with Crippen LogP contribution in [-0.4, -0.2) is 11.7 Å². The first kappa shape index (κ1) is 21.3. The molecule has 0 spiro atoms. The molecule has 0 aliphatic heterocycles. The summed E-state index contributed by atoms with van der Waals surface area (Å²) in [4.78, 5) is 0. The Morgan fingerprint density at radius 2 is 1.05 bits per heavy atom. The Labute approximate surface area is 123 Å². The second kappa shape index (κ2) is 20.3. The lowest BCUT2D eigenvalue weighted by molar-refractivity contribution is 0.206. The molecule has 0 amide bonds. The van der Waals surface area contributed by atoms with E-state index in [4.69, 9.17) is 5.11 Å². The van der Waals surface area contributed by atoms with E-state index in [9.17, 15) is 0 Å². The van der Waals surface area contributed by atoms with Crippen LogP contribution in [-0.2, 0) is 0 Å². The van der Waals surface area contributed by atoms with Gasteiger partial charge in [-0.05, 0) is 18.8 Å². The minimum Gasteiger partial charge on any atom is -0.396 e. The van der Waals surface area contributed by atoms with Crippen molar-refractivity contribution in [2.24, 2.45) is 5.92 Å². The minimum absolute atomic E-state index is 0.389. The molecule has 0 saturated carbocycles. The predicted octanol–water partition coefficient (Wildman–Crippen LogP) is 6.34. The van der Waals surface area contributed by atoms with Crippen LogP contribution in [0.4, 0.5) is 0 Å². The molecule has 1 nitrogen and oxygen atoms in total. The fourth-order valence-corrected chi connectivity index (χ4v) is 2.27. The number of aliphatic hydroxyl groups excluding tert-OH is 1. The summed E-state index contributed by atoms with van der Waals surface area (Å²) in [5, 5.41) is 9.01. The van der Waals surface area contributed by atoms with Crippen molar-refractivity contribution in [2.75, 3.05) is 6.61 Å². The maximum Gasteiger partial charge on any atom is 0.0459 e. The molecule has 19 heavy (non-hydrogen) atoms. The normalized spacial score (nSPS) is 11.8. The molecule has 0 aliphatic rings. The van der Waals surface area contributed by atoms with Gasteiger partial charge < -0.3 is 5.11 Å². The molecule has 118 valence electrons. The molecular formula is C18H40O. The van der Waals surface area contributed by atoms with Crippen molar-refractivity contribution < 1.29 is 5.11 Å². The van der Waals surface area contributed by atoms with Crippen LogP contribution < -0.4 is 0 Å². The van der Waals surface area contributed by atoms with E-state index in [1.165, 1.54) is 77.0 Å². The molecule has 0 aromatic carbocycles. The largest absolute Gasteiger partial charge is 0.396 e. The maximum atomic E-state index is 9.01. The highest BCUT2D eigenvalue weighted by molar-refractivity contribution is 4.57. The Bertz CT molecular complexity index is 130. The zero-order valence-electron chi connectivity index (χ0n) is 14.2. The molecule has 0 aliphatic carbocycles. The Morgan fingerprint density at radius 1 is 0.579 bits per heavy atom. The molecule has 0 saturated heterocycles. The van der Waals surface area contributed by atoms with Crippen molar-refractivity contribution in [1.82, 2.24) is 0 Å². The van der Waals surface area contributed by atoms with Gasteiger partial charge in [0, 0.05) is 6.61 Å². The number of aliphatic hydroxyl groups is 1. The zero-order chi connectivity index (χ0) is 14.8. The van der Waals surface area contributed by atoms with Gasteiger partial charge in [0.2, 0.25) is 0 Å². The molecule has 0 heterocycles. The van der Waals surface area contributed by atoms with Crippen LogP contribution in [0.1, 0.15) is 105 Å². The molecule has 0 aromatic heterocycles. The van der Waals surface area contributed by atoms with Gasteiger partial charge >= 0.3 is 0 Å². The van der Waals surface area contributed by atoms with Crippen molar-refractivity contribution in [3.05, 3.63) is 0 Å². The topological polar surface area (TPSA) is 20.2 Å². The highest BCUT2D eigenvalue weighted by atomic mass is 16.3. The molecule has 0 aromatic rings. The predicted molar refractivity (Wildman–Crippen MR) is 88.7 cm³/mol. The van der Waals surface area contributed by atoms with Crippen molar-refractivity contribution >= 4 is 0 Å². The zero-order valence-corrected chi connectivity index (χ0v) is 14.2. The van der Waals surface area contributed by atoms with E-state index in [1.807, 2.05) is 0 Å². The lowest BCUT2D eigenvalue weighted by Crippen LogP contribution is -2.05. The van der Waals surface area contributed by atoms with E-state index in [0.29, 0.717) is 12.5 Å². The SMILES string of the molecule is CCCCCCC.CCCCCCC(CO)CCC. The van der Waals surface area contributed by atoms with Crippen LogP contribution in [0, 0.1) is 5.92 Å². The first-order valence-corrected chi connectivity index (χ1v) is 8.87. The fourth-order valence-electron chi connectivity index (χ4n) is 2.27. The molecule has 1 atom stereocenters. The van der Waals surface area contributed by atoms with Crippen LogP contribution in [0.25, 0.3) is 0 Å². The summed E-state index contributed by atoms with van der Waals surface area (Å²) in [6.45, 7) is 9.30. The Hall–Kier alpha value is -0.0400. The lowest BCUT2D eigenvalue weighted by Gasteiger charge is -2.11. The van der Waals surface area contributed by atoms with Gasteiger partial charge in [0.05, 0.1) is 0 Å². The molecule has 0 bridgehead atoms. The number of hydrogen-bond donors (Lipinski definition) is 1. The van der Waals surface area contributed by atoms with Crippen LogP contribution in [0.3, 0.4) is 0 Å². The smallest absolute Gasteiger partial charge is 0.0459 e. The molecule has 1 N–H and O–H groups in total. The third-order valence-electron chi connectivity index (χ3n) is 3.63. The van der Waals surface area contributed by atoms with E-state index in [-0.39, 0.29) is 0 Å². The molecule has 1 unspecified atom stereocenters.